The van der Waals surface area contributed by atoms with E-state index in [-0.39, 0.29) is 71.0 Å². The summed E-state index contributed by atoms with van der Waals surface area (Å²) in [6, 6.07) is 38.7. The Kier molecular flexibility index (Phi) is 15.7. The molecule has 0 bridgehead atoms. The van der Waals surface area contributed by atoms with Crippen LogP contribution in [0.3, 0.4) is 0 Å². The topological polar surface area (TPSA) is 129 Å². The van der Waals surface area contributed by atoms with Crippen LogP contribution in [0.1, 0.15) is 65.2 Å². The molecule has 0 saturated carbocycles. The number of nitrogens with zero attached hydrogens (tertiary/aromatic N) is 1. The van der Waals surface area contributed by atoms with E-state index in [9.17, 15) is 22.6 Å². The molecule has 6 aromatic carbocycles. The number of benzene rings is 6. The molecule has 0 N–H and O–H groups in total. The first-order valence-electron chi connectivity index (χ1n) is 19.4. The van der Waals surface area contributed by atoms with Crippen molar-refractivity contribution in [1.29, 1.82) is 0 Å². The van der Waals surface area contributed by atoms with Crippen molar-refractivity contribution in [1.82, 2.24) is 4.90 Å². The molecule has 0 atom stereocenters. The van der Waals surface area contributed by atoms with Crippen molar-refractivity contribution in [3.63, 3.8) is 0 Å². The van der Waals surface area contributed by atoms with E-state index in [1.165, 1.54) is 0 Å². The van der Waals surface area contributed by atoms with Gasteiger partial charge < -0.3 is 13.7 Å². The molecule has 60 heavy (non-hydrogen) atoms. The molecule has 0 aliphatic rings. The SMILES string of the molecule is Cc1cc(C)c(C(=O)P(=O)(c2ccccc2)c2ccccc2)c(C)c1CN(CCS(=O)(=O)[O-])Cc1c(C)cc(C)c(C(=O)P(=O)(c2ccccc2)c2ccccc2)c1C.[K+]. The quantitative estimate of drug-likeness (QED) is 0.0763. The number of aryl methyl sites for hydroxylation is 4. The normalized spacial score (nSPS) is 11.9. The Balaban J connectivity index is 0.00000683. The Morgan fingerprint density at radius 1 is 0.517 bits per heavy atom. The molecular formula is C48H48KNO7P2S. The summed E-state index contributed by atoms with van der Waals surface area (Å²) in [6.45, 7) is 11.2. The number of carbonyl (C=O) groups excluding carboxylic acids is 2. The van der Waals surface area contributed by atoms with Gasteiger partial charge in [0.05, 0.1) is 15.9 Å². The molecule has 12 heteroatoms. The van der Waals surface area contributed by atoms with Gasteiger partial charge in [0, 0.05) is 52.0 Å². The van der Waals surface area contributed by atoms with E-state index in [1.54, 1.807) is 97.1 Å². The molecule has 0 aliphatic carbocycles. The molecule has 6 aromatic rings. The van der Waals surface area contributed by atoms with Crippen molar-refractivity contribution in [3.05, 3.63) is 189 Å². The fourth-order valence-corrected chi connectivity index (χ4v) is 13.8. The van der Waals surface area contributed by atoms with Gasteiger partial charge in [-0.05, 0) is 86.1 Å². The Bertz CT molecular complexity index is 2490. The molecule has 304 valence electrons. The summed E-state index contributed by atoms with van der Waals surface area (Å²) < 4.78 is 66.8. The van der Waals surface area contributed by atoms with Gasteiger partial charge >= 0.3 is 51.4 Å². The molecule has 0 unspecified atom stereocenters. The summed E-state index contributed by atoms with van der Waals surface area (Å²) in [7, 11) is -12.4. The molecule has 0 spiro atoms. The van der Waals surface area contributed by atoms with Gasteiger partial charge in [-0.1, -0.05) is 133 Å². The predicted octanol–water partition coefficient (Wildman–Crippen LogP) is 5.40. The molecule has 6 rings (SSSR count). The van der Waals surface area contributed by atoms with Crippen LogP contribution in [0.4, 0.5) is 0 Å². The number of hydrogen-bond acceptors (Lipinski definition) is 8. The van der Waals surface area contributed by atoms with Crippen molar-refractivity contribution in [2.75, 3.05) is 12.3 Å². The summed E-state index contributed by atoms with van der Waals surface area (Å²) >= 11 is 0. The molecule has 0 saturated heterocycles. The molecule has 8 nitrogen and oxygen atoms in total. The van der Waals surface area contributed by atoms with Gasteiger partial charge in [-0.15, -0.1) is 0 Å². The third kappa shape index (κ3) is 9.80. The van der Waals surface area contributed by atoms with E-state index >= 15 is 9.13 Å². The van der Waals surface area contributed by atoms with Crippen LogP contribution < -0.4 is 72.6 Å². The van der Waals surface area contributed by atoms with Crippen molar-refractivity contribution in [2.45, 2.75) is 54.6 Å². The summed E-state index contributed by atoms with van der Waals surface area (Å²) in [5, 5.41) is 1.66. The molecule has 0 aliphatic heterocycles. The van der Waals surface area contributed by atoms with Crippen LogP contribution >= 0.6 is 14.3 Å². The predicted molar refractivity (Wildman–Crippen MR) is 238 cm³/mol. The van der Waals surface area contributed by atoms with Gasteiger partial charge in [0.2, 0.25) is 25.3 Å². The fraction of sp³-hybridized carbons (Fsp3) is 0.208. The van der Waals surface area contributed by atoms with Gasteiger partial charge in [-0.3, -0.25) is 14.5 Å². The number of rotatable bonds is 15. The van der Waals surface area contributed by atoms with Crippen molar-refractivity contribution < 1.29 is 83.1 Å². The van der Waals surface area contributed by atoms with E-state index < -0.39 is 41.2 Å². The third-order valence-corrected chi connectivity index (χ3v) is 17.5. The van der Waals surface area contributed by atoms with Gasteiger partial charge in [-0.2, -0.15) is 0 Å². The van der Waals surface area contributed by atoms with Crippen LogP contribution in [0.5, 0.6) is 0 Å². The second kappa shape index (κ2) is 19.8. The van der Waals surface area contributed by atoms with Crippen molar-refractivity contribution >= 4 is 56.7 Å². The largest absolute Gasteiger partial charge is 1.00 e. The van der Waals surface area contributed by atoms with E-state index in [0.29, 0.717) is 54.6 Å². The first-order valence-corrected chi connectivity index (χ1v) is 24.3. The van der Waals surface area contributed by atoms with Gasteiger partial charge in [0.15, 0.2) is 0 Å². The van der Waals surface area contributed by atoms with E-state index in [1.807, 2.05) is 82.8 Å². The van der Waals surface area contributed by atoms with Crippen LogP contribution in [0, 0.1) is 41.5 Å². The van der Waals surface area contributed by atoms with Crippen LogP contribution in [-0.4, -0.2) is 41.2 Å². The molecular weight excluding hydrogens is 836 g/mol. The number of carbonyl (C=O) groups is 2. The second-order valence-corrected chi connectivity index (χ2v) is 22.0. The Labute approximate surface area is 396 Å². The van der Waals surface area contributed by atoms with E-state index in [0.717, 1.165) is 22.3 Å². The van der Waals surface area contributed by atoms with Crippen LogP contribution in [-0.2, 0) is 32.3 Å². The zero-order chi connectivity index (χ0) is 42.7. The smallest absolute Gasteiger partial charge is 0.748 e. The minimum atomic E-state index is -4.64. The summed E-state index contributed by atoms with van der Waals surface area (Å²) in [5.74, 6) is -0.674. The number of hydrogen-bond donors (Lipinski definition) is 0. The van der Waals surface area contributed by atoms with Crippen molar-refractivity contribution in [2.24, 2.45) is 0 Å². The standard InChI is InChI=1S/C48H49NO7P2S.K/c1-33-29-35(3)45(47(50)57(52,39-19-11-7-12-20-39)40-21-13-8-14-22-40)37(5)43(33)31-49(27-28-59(54,55)56)32-44-34(2)30-36(4)46(38(44)6)48(51)58(53,41-23-15-9-16-24-41)42-25-17-10-18-26-42;/h7-26,29-30H,27-28,31-32H2,1-6H3,(H,54,55,56);/q;+1/p-1. The summed E-state index contributed by atoms with van der Waals surface area (Å²) in [5.41, 5.74) is 5.29. The first kappa shape index (κ1) is 47.7. The minimum absolute atomic E-state index is 0. The zero-order valence-corrected chi connectivity index (χ0v) is 40.9. The second-order valence-electron chi connectivity index (χ2n) is 15.1. The summed E-state index contributed by atoms with van der Waals surface area (Å²) in [4.78, 5) is 31.6. The maximum absolute atomic E-state index is 15.2. The molecule has 0 heterocycles. The third-order valence-electron chi connectivity index (χ3n) is 11.2. The van der Waals surface area contributed by atoms with Gasteiger partial charge in [0.25, 0.3) is 0 Å². The van der Waals surface area contributed by atoms with Crippen LogP contribution in [0.15, 0.2) is 133 Å². The molecule has 0 aromatic heterocycles. The molecule has 0 amide bonds. The first-order chi connectivity index (χ1) is 28.0. The average Bonchev–Trinajstić information content (AvgIpc) is 3.22. The van der Waals surface area contributed by atoms with E-state index in [2.05, 4.69) is 0 Å². The molecule has 0 fully saturated rings. The Hall–Kier alpha value is -3.37. The zero-order valence-electron chi connectivity index (χ0n) is 35.1. The minimum Gasteiger partial charge on any atom is -0.748 e. The Morgan fingerprint density at radius 3 is 1.07 bits per heavy atom. The van der Waals surface area contributed by atoms with Gasteiger partial charge in [0.1, 0.15) is 0 Å². The maximum Gasteiger partial charge on any atom is 1.00 e. The van der Waals surface area contributed by atoms with Gasteiger partial charge in [-0.25, -0.2) is 8.42 Å². The molecule has 0 radical (unpaired) electrons. The van der Waals surface area contributed by atoms with Crippen molar-refractivity contribution in [3.8, 4) is 0 Å². The average molecular weight is 884 g/mol. The fourth-order valence-electron chi connectivity index (χ4n) is 8.13. The monoisotopic (exact) mass is 883 g/mol. The Morgan fingerprint density at radius 2 is 0.800 bits per heavy atom. The van der Waals surface area contributed by atoms with E-state index in [4.69, 9.17) is 0 Å². The maximum atomic E-state index is 15.2. The van der Waals surface area contributed by atoms with Crippen LogP contribution in [0.25, 0.3) is 0 Å². The van der Waals surface area contributed by atoms with Crippen LogP contribution in [0.2, 0.25) is 0 Å². The summed E-state index contributed by atoms with van der Waals surface area (Å²) in [6.07, 6.45) is 0.